The molecule has 0 atom stereocenters. The number of hydrogen-bond donors (Lipinski definition) is 0. The zero-order valence-corrected chi connectivity index (χ0v) is 22.3. The molecule has 1 fully saturated rings. The highest BCUT2D eigenvalue weighted by molar-refractivity contribution is 9.10. The van der Waals surface area contributed by atoms with E-state index in [2.05, 4.69) is 15.9 Å². The topological polar surface area (TPSA) is 45.6 Å². The van der Waals surface area contributed by atoms with Crippen LogP contribution in [0.25, 0.3) is 16.9 Å². The molecule has 0 aliphatic carbocycles. The molecule has 1 saturated heterocycles. The fourth-order valence-electron chi connectivity index (χ4n) is 4.74. The van der Waals surface area contributed by atoms with Crippen LogP contribution in [0.5, 0.6) is 0 Å². The summed E-state index contributed by atoms with van der Waals surface area (Å²) in [5.41, 5.74) is 5.80. The van der Waals surface area contributed by atoms with Crippen LogP contribution in [0.4, 0.5) is 4.39 Å². The molecule has 0 bridgehead atoms. The molecule has 3 aromatic carbocycles. The minimum Gasteiger partial charge on any atom is -0.335 e. The van der Waals surface area contributed by atoms with Crippen molar-refractivity contribution in [1.82, 2.24) is 14.4 Å². The summed E-state index contributed by atoms with van der Waals surface area (Å²) in [6.07, 6.45) is 0. The molecule has 0 spiro atoms. The van der Waals surface area contributed by atoms with Gasteiger partial charge in [0.25, 0.3) is 11.8 Å². The average Bonchev–Trinajstić information content (AvgIpc) is 3.26. The van der Waals surface area contributed by atoms with E-state index < -0.39 is 0 Å². The fourth-order valence-corrected chi connectivity index (χ4v) is 5.01. The average molecular weight is 560 g/mol. The van der Waals surface area contributed by atoms with Crippen molar-refractivity contribution in [3.63, 3.8) is 0 Å². The van der Waals surface area contributed by atoms with Crippen molar-refractivity contribution in [1.29, 1.82) is 0 Å². The van der Waals surface area contributed by atoms with Crippen LogP contribution in [-0.2, 0) is 0 Å². The maximum Gasteiger partial charge on any atom is 0.255 e. The van der Waals surface area contributed by atoms with Crippen LogP contribution in [-0.4, -0.2) is 52.4 Å². The minimum atomic E-state index is -0.305. The summed E-state index contributed by atoms with van der Waals surface area (Å²) in [5, 5.41) is 0. The number of piperazine rings is 1. The Labute approximate surface area is 224 Å². The second kappa shape index (κ2) is 10.3. The zero-order chi connectivity index (χ0) is 26.1. The monoisotopic (exact) mass is 559 g/mol. The van der Waals surface area contributed by atoms with E-state index in [4.69, 9.17) is 0 Å². The lowest BCUT2D eigenvalue weighted by molar-refractivity contribution is 0.0535. The van der Waals surface area contributed by atoms with E-state index in [1.807, 2.05) is 65.8 Å². The molecule has 2 heterocycles. The van der Waals surface area contributed by atoms with Gasteiger partial charge in [-0.3, -0.25) is 9.59 Å². The normalized spacial score (nSPS) is 13.6. The maximum atomic E-state index is 13.7. The van der Waals surface area contributed by atoms with Crippen LogP contribution in [0.3, 0.4) is 0 Å². The van der Waals surface area contributed by atoms with E-state index in [0.29, 0.717) is 37.3 Å². The Balaban J connectivity index is 1.41. The number of aromatic nitrogens is 1. The molecule has 5 rings (SSSR count). The highest BCUT2D eigenvalue weighted by atomic mass is 79.9. The van der Waals surface area contributed by atoms with Crippen molar-refractivity contribution in [3.05, 3.63) is 112 Å². The SMILES string of the molecule is Cc1ccc(-n2c(-c3ccc(F)cc3)cc(C(=O)N3CCN(C(=O)c4ccc(Br)cc4)CC3)c2C)cc1. The Morgan fingerprint density at radius 3 is 1.92 bits per heavy atom. The molecule has 1 aliphatic rings. The van der Waals surface area contributed by atoms with Gasteiger partial charge < -0.3 is 14.4 Å². The lowest BCUT2D eigenvalue weighted by Gasteiger charge is -2.35. The third-order valence-corrected chi connectivity index (χ3v) is 7.38. The van der Waals surface area contributed by atoms with Crippen molar-refractivity contribution in [2.24, 2.45) is 0 Å². The highest BCUT2D eigenvalue weighted by Crippen LogP contribution is 2.31. The number of carbonyl (C=O) groups is 2. The molecule has 188 valence electrons. The summed E-state index contributed by atoms with van der Waals surface area (Å²) in [5.74, 6) is -0.400. The van der Waals surface area contributed by atoms with E-state index in [0.717, 1.165) is 32.7 Å². The molecule has 37 heavy (non-hydrogen) atoms. The zero-order valence-electron chi connectivity index (χ0n) is 20.7. The first kappa shape index (κ1) is 25.0. The summed E-state index contributed by atoms with van der Waals surface area (Å²) in [6, 6.07) is 23.7. The van der Waals surface area contributed by atoms with Gasteiger partial charge in [0, 0.05) is 47.6 Å². The molecule has 5 nitrogen and oxygen atoms in total. The molecule has 1 aliphatic heterocycles. The van der Waals surface area contributed by atoms with Gasteiger partial charge in [0.05, 0.1) is 11.3 Å². The summed E-state index contributed by atoms with van der Waals surface area (Å²) in [4.78, 5) is 30.2. The van der Waals surface area contributed by atoms with Crippen molar-refractivity contribution in [2.45, 2.75) is 13.8 Å². The van der Waals surface area contributed by atoms with Crippen LogP contribution in [0.15, 0.2) is 83.3 Å². The molecular weight excluding hydrogens is 533 g/mol. The van der Waals surface area contributed by atoms with Gasteiger partial charge in [0.2, 0.25) is 0 Å². The third kappa shape index (κ3) is 5.09. The van der Waals surface area contributed by atoms with Crippen molar-refractivity contribution >= 4 is 27.7 Å². The predicted molar refractivity (Wildman–Crippen MR) is 147 cm³/mol. The van der Waals surface area contributed by atoms with Gasteiger partial charge in [0.15, 0.2) is 0 Å². The molecule has 7 heteroatoms. The van der Waals surface area contributed by atoms with Crippen LogP contribution in [0, 0.1) is 19.7 Å². The number of rotatable bonds is 4. The molecule has 0 unspecified atom stereocenters. The van der Waals surface area contributed by atoms with E-state index in [1.54, 1.807) is 29.2 Å². The first-order valence-corrected chi connectivity index (χ1v) is 13.0. The van der Waals surface area contributed by atoms with Crippen molar-refractivity contribution in [2.75, 3.05) is 26.2 Å². The number of halogens is 2. The Morgan fingerprint density at radius 2 is 1.32 bits per heavy atom. The predicted octanol–water partition coefficient (Wildman–Crippen LogP) is 6.26. The molecular formula is C30H27BrFN3O2. The fraction of sp³-hybridized carbons (Fsp3) is 0.200. The Kier molecular flexibility index (Phi) is 6.98. The van der Waals surface area contributed by atoms with Crippen molar-refractivity contribution in [3.8, 4) is 16.9 Å². The Bertz CT molecular complexity index is 1440. The van der Waals surface area contributed by atoms with Crippen molar-refractivity contribution < 1.29 is 14.0 Å². The molecule has 4 aromatic rings. The second-order valence-corrected chi connectivity index (χ2v) is 10.2. The summed E-state index contributed by atoms with van der Waals surface area (Å²) >= 11 is 3.40. The highest BCUT2D eigenvalue weighted by Gasteiger charge is 2.28. The van der Waals surface area contributed by atoms with Gasteiger partial charge in [-0.1, -0.05) is 33.6 Å². The molecule has 0 radical (unpaired) electrons. The van der Waals surface area contributed by atoms with E-state index in [-0.39, 0.29) is 17.6 Å². The van der Waals surface area contributed by atoms with E-state index >= 15 is 0 Å². The second-order valence-electron chi connectivity index (χ2n) is 9.30. The first-order chi connectivity index (χ1) is 17.8. The molecule has 1 aromatic heterocycles. The molecule has 0 N–H and O–H groups in total. The summed E-state index contributed by atoms with van der Waals surface area (Å²) < 4.78 is 16.6. The van der Waals surface area contributed by atoms with Crippen LogP contribution in [0.1, 0.15) is 32.0 Å². The number of nitrogens with zero attached hydrogens (tertiary/aromatic N) is 3. The lowest BCUT2D eigenvalue weighted by atomic mass is 10.1. The van der Waals surface area contributed by atoms with Gasteiger partial charge in [0.1, 0.15) is 5.82 Å². The number of hydrogen-bond acceptors (Lipinski definition) is 2. The van der Waals surface area contributed by atoms with Crippen LogP contribution < -0.4 is 0 Å². The first-order valence-electron chi connectivity index (χ1n) is 12.2. The summed E-state index contributed by atoms with van der Waals surface area (Å²) in [6.45, 7) is 5.84. The van der Waals surface area contributed by atoms with Gasteiger partial charge in [-0.15, -0.1) is 0 Å². The Morgan fingerprint density at radius 1 is 0.757 bits per heavy atom. The quantitative estimate of drug-likeness (QED) is 0.296. The Hall–Kier alpha value is -3.71. The largest absolute Gasteiger partial charge is 0.335 e. The van der Waals surface area contributed by atoms with Gasteiger partial charge in [-0.25, -0.2) is 4.39 Å². The van der Waals surface area contributed by atoms with Crippen LogP contribution >= 0.6 is 15.9 Å². The number of benzene rings is 3. The summed E-state index contributed by atoms with van der Waals surface area (Å²) in [7, 11) is 0. The van der Waals surface area contributed by atoms with E-state index in [9.17, 15) is 14.0 Å². The third-order valence-electron chi connectivity index (χ3n) is 6.85. The van der Waals surface area contributed by atoms with Gasteiger partial charge in [-0.2, -0.15) is 0 Å². The molecule has 0 saturated carbocycles. The number of carbonyl (C=O) groups excluding carboxylic acids is 2. The lowest BCUT2D eigenvalue weighted by Crippen LogP contribution is -2.50. The van der Waals surface area contributed by atoms with Crippen LogP contribution in [0.2, 0.25) is 0 Å². The van der Waals surface area contributed by atoms with Gasteiger partial charge >= 0.3 is 0 Å². The molecule has 2 amide bonds. The standard InChI is InChI=1S/C30H27BrFN3O2/c1-20-3-13-26(14-4-20)35-21(2)27(19-28(35)22-7-11-25(32)12-8-22)30(37)34-17-15-33(16-18-34)29(36)23-5-9-24(31)10-6-23/h3-14,19H,15-18H2,1-2H3. The minimum absolute atomic E-state index is 0.0279. The van der Waals surface area contributed by atoms with E-state index in [1.165, 1.54) is 12.1 Å². The number of aryl methyl sites for hydroxylation is 1. The van der Waals surface area contributed by atoms with Gasteiger partial charge in [-0.05, 0) is 86.1 Å². The maximum absolute atomic E-state index is 13.7. The number of amides is 2. The smallest absolute Gasteiger partial charge is 0.255 e.